The molecule has 2 fully saturated rings. The fourth-order valence-electron chi connectivity index (χ4n) is 4.12. The van der Waals surface area contributed by atoms with E-state index in [4.69, 9.17) is 4.74 Å². The smallest absolute Gasteiger partial charge is 0.296 e. The third-order valence-corrected chi connectivity index (χ3v) is 5.64. The average molecular weight is 332 g/mol. The van der Waals surface area contributed by atoms with Crippen LogP contribution < -0.4 is 10.1 Å². The standard InChI is InChI=1S/C17H20N2O5/c1-16(2)10-6-7-17(9-10,14(16)20)15(21)18-12-5-4-11(24-3)8-13(12)19(22)23/h4-5,8,10H,6-7,9H2,1-3H3,(H,18,21). The minimum absolute atomic E-state index is 0.0556. The lowest BCUT2D eigenvalue weighted by Gasteiger charge is -2.32. The van der Waals surface area contributed by atoms with E-state index in [2.05, 4.69) is 5.32 Å². The molecular formula is C17H20N2O5. The molecule has 0 saturated heterocycles. The summed E-state index contributed by atoms with van der Waals surface area (Å²) in [7, 11) is 1.41. The van der Waals surface area contributed by atoms with Crippen molar-refractivity contribution in [3.05, 3.63) is 28.3 Å². The number of hydrogen-bond acceptors (Lipinski definition) is 5. The van der Waals surface area contributed by atoms with E-state index in [0.717, 1.165) is 6.42 Å². The summed E-state index contributed by atoms with van der Waals surface area (Å²) in [6.45, 7) is 3.76. The Morgan fingerprint density at radius 1 is 1.42 bits per heavy atom. The number of carbonyl (C=O) groups excluding carboxylic acids is 2. The van der Waals surface area contributed by atoms with E-state index >= 15 is 0 Å². The predicted molar refractivity (Wildman–Crippen MR) is 86.8 cm³/mol. The third kappa shape index (κ3) is 2.18. The normalized spacial score (nSPS) is 27.1. The van der Waals surface area contributed by atoms with Crippen molar-refractivity contribution in [1.82, 2.24) is 0 Å². The predicted octanol–water partition coefficient (Wildman–Crippen LogP) is 2.94. The maximum atomic E-state index is 12.8. The highest BCUT2D eigenvalue weighted by Gasteiger charge is 2.65. The van der Waals surface area contributed by atoms with E-state index in [-0.39, 0.29) is 23.1 Å². The Kier molecular flexibility index (Phi) is 3.62. The molecule has 128 valence electrons. The second kappa shape index (κ2) is 5.29. The summed E-state index contributed by atoms with van der Waals surface area (Å²) >= 11 is 0. The van der Waals surface area contributed by atoms with Gasteiger partial charge in [-0.2, -0.15) is 0 Å². The SMILES string of the molecule is COc1ccc(NC(=O)C23CCC(C2)C(C)(C)C3=O)c([N+](=O)[O-])c1. The molecule has 2 saturated carbocycles. The summed E-state index contributed by atoms with van der Waals surface area (Å²) < 4.78 is 4.99. The van der Waals surface area contributed by atoms with Crippen LogP contribution in [0.3, 0.4) is 0 Å². The highest BCUT2D eigenvalue weighted by Crippen LogP contribution is 2.60. The molecule has 0 spiro atoms. The van der Waals surface area contributed by atoms with Crippen molar-refractivity contribution < 1.29 is 19.2 Å². The molecular weight excluding hydrogens is 312 g/mol. The number of methoxy groups -OCH3 is 1. The highest BCUT2D eigenvalue weighted by molar-refractivity contribution is 6.15. The molecule has 2 aliphatic rings. The number of amides is 1. The number of ketones is 1. The van der Waals surface area contributed by atoms with Crippen LogP contribution in [0.4, 0.5) is 11.4 Å². The maximum Gasteiger partial charge on any atom is 0.296 e. The second-order valence-electron chi connectivity index (χ2n) is 7.17. The number of anilines is 1. The number of nitrogens with zero attached hydrogens (tertiary/aromatic N) is 1. The number of ether oxygens (including phenoxy) is 1. The van der Waals surface area contributed by atoms with Crippen molar-refractivity contribution in [2.24, 2.45) is 16.7 Å². The van der Waals surface area contributed by atoms with Crippen LogP contribution in [0.1, 0.15) is 33.1 Å². The Balaban J connectivity index is 1.91. The average Bonchev–Trinajstić information content (AvgIpc) is 3.07. The van der Waals surface area contributed by atoms with Crippen LogP contribution in [0.15, 0.2) is 18.2 Å². The lowest BCUT2D eigenvalue weighted by Crippen LogP contribution is -2.44. The van der Waals surface area contributed by atoms with Crippen LogP contribution in [-0.4, -0.2) is 23.7 Å². The van der Waals surface area contributed by atoms with Gasteiger partial charge in [0.05, 0.1) is 18.1 Å². The van der Waals surface area contributed by atoms with Gasteiger partial charge in [0.25, 0.3) is 5.69 Å². The monoisotopic (exact) mass is 332 g/mol. The van der Waals surface area contributed by atoms with Crippen LogP contribution in [0, 0.1) is 26.9 Å². The largest absolute Gasteiger partial charge is 0.496 e. The van der Waals surface area contributed by atoms with E-state index < -0.39 is 21.7 Å². The maximum absolute atomic E-state index is 12.8. The second-order valence-corrected chi connectivity index (χ2v) is 7.17. The van der Waals surface area contributed by atoms with Gasteiger partial charge in [-0.15, -0.1) is 0 Å². The number of nitrogens with one attached hydrogen (secondary N) is 1. The number of Topliss-reactive ketones (excluding diaryl/α,β-unsaturated/α-hetero) is 1. The number of carbonyl (C=O) groups is 2. The van der Waals surface area contributed by atoms with Crippen molar-refractivity contribution in [2.75, 3.05) is 12.4 Å². The minimum atomic E-state index is -1.05. The fourth-order valence-corrected chi connectivity index (χ4v) is 4.12. The van der Waals surface area contributed by atoms with E-state index in [1.807, 2.05) is 13.8 Å². The lowest BCUT2D eigenvalue weighted by molar-refractivity contribution is -0.384. The number of rotatable bonds is 4. The first kappa shape index (κ1) is 16.4. The van der Waals surface area contributed by atoms with Gasteiger partial charge in [0.2, 0.25) is 5.91 Å². The topological polar surface area (TPSA) is 98.5 Å². The van der Waals surface area contributed by atoms with E-state index in [0.29, 0.717) is 18.6 Å². The Morgan fingerprint density at radius 2 is 2.12 bits per heavy atom. The molecule has 24 heavy (non-hydrogen) atoms. The first-order valence-electron chi connectivity index (χ1n) is 7.91. The van der Waals surface area contributed by atoms with Gasteiger partial charge in [-0.1, -0.05) is 13.8 Å². The summed E-state index contributed by atoms with van der Waals surface area (Å²) in [6, 6.07) is 4.23. The van der Waals surface area contributed by atoms with Gasteiger partial charge in [0.15, 0.2) is 5.78 Å². The fraction of sp³-hybridized carbons (Fsp3) is 0.529. The number of benzene rings is 1. The van der Waals surface area contributed by atoms with Crippen molar-refractivity contribution in [2.45, 2.75) is 33.1 Å². The number of nitro benzene ring substituents is 1. The summed E-state index contributed by atoms with van der Waals surface area (Å²) in [5, 5.41) is 13.9. The molecule has 3 rings (SSSR count). The molecule has 1 N–H and O–H groups in total. The van der Waals surface area contributed by atoms with Gasteiger partial charge in [-0.3, -0.25) is 19.7 Å². The van der Waals surface area contributed by atoms with E-state index in [1.165, 1.54) is 25.3 Å². The van der Waals surface area contributed by atoms with Gasteiger partial charge >= 0.3 is 0 Å². The Hall–Kier alpha value is -2.44. The first-order chi connectivity index (χ1) is 11.2. The quantitative estimate of drug-likeness (QED) is 0.519. The Labute approximate surface area is 139 Å². The molecule has 1 aromatic rings. The van der Waals surface area contributed by atoms with Gasteiger partial charge in [0.1, 0.15) is 16.9 Å². The summed E-state index contributed by atoms with van der Waals surface area (Å²) in [5.41, 5.74) is -1.73. The van der Waals surface area contributed by atoms with Crippen molar-refractivity contribution in [1.29, 1.82) is 0 Å². The molecule has 2 unspecified atom stereocenters. The molecule has 0 aliphatic heterocycles. The summed E-state index contributed by atoms with van der Waals surface area (Å²) in [5.74, 6) is 0.0345. The zero-order chi connectivity index (χ0) is 17.7. The highest BCUT2D eigenvalue weighted by atomic mass is 16.6. The molecule has 7 nitrogen and oxygen atoms in total. The summed E-state index contributed by atoms with van der Waals surface area (Å²) in [6.07, 6.45) is 1.86. The molecule has 2 aliphatic carbocycles. The van der Waals surface area contributed by atoms with Crippen LogP contribution >= 0.6 is 0 Å². The van der Waals surface area contributed by atoms with Gasteiger partial charge in [-0.05, 0) is 37.3 Å². The Bertz CT molecular complexity index is 742. The first-order valence-corrected chi connectivity index (χ1v) is 7.91. The molecule has 0 radical (unpaired) electrons. The van der Waals surface area contributed by atoms with Gasteiger partial charge in [-0.25, -0.2) is 0 Å². The molecule has 2 atom stereocenters. The summed E-state index contributed by atoms with van der Waals surface area (Å²) in [4.78, 5) is 36.3. The Morgan fingerprint density at radius 3 is 2.67 bits per heavy atom. The van der Waals surface area contributed by atoms with Crippen molar-refractivity contribution in [3.8, 4) is 5.75 Å². The zero-order valence-corrected chi connectivity index (χ0v) is 13.9. The van der Waals surface area contributed by atoms with Gasteiger partial charge in [0, 0.05) is 5.41 Å². The molecule has 0 heterocycles. The number of fused-ring (bicyclic) bond motifs is 2. The van der Waals surface area contributed by atoms with Crippen LogP contribution in [-0.2, 0) is 9.59 Å². The molecule has 2 bridgehead atoms. The molecule has 7 heteroatoms. The van der Waals surface area contributed by atoms with E-state index in [9.17, 15) is 19.7 Å². The lowest BCUT2D eigenvalue weighted by atomic mass is 9.70. The number of hydrogen-bond donors (Lipinski definition) is 1. The van der Waals surface area contributed by atoms with Crippen molar-refractivity contribution >= 4 is 23.1 Å². The molecule has 1 aromatic carbocycles. The molecule has 1 amide bonds. The third-order valence-electron chi connectivity index (χ3n) is 5.64. The van der Waals surface area contributed by atoms with Crippen LogP contribution in [0.25, 0.3) is 0 Å². The minimum Gasteiger partial charge on any atom is -0.496 e. The van der Waals surface area contributed by atoms with Crippen LogP contribution in [0.2, 0.25) is 0 Å². The van der Waals surface area contributed by atoms with Crippen LogP contribution in [0.5, 0.6) is 5.75 Å². The zero-order valence-electron chi connectivity index (χ0n) is 13.9. The van der Waals surface area contributed by atoms with Gasteiger partial charge < -0.3 is 10.1 Å². The van der Waals surface area contributed by atoms with E-state index in [1.54, 1.807) is 0 Å². The van der Waals surface area contributed by atoms with Crippen molar-refractivity contribution in [3.63, 3.8) is 0 Å². The number of nitro groups is 1. The molecule has 0 aromatic heterocycles.